The predicted octanol–water partition coefficient (Wildman–Crippen LogP) is 0.890. The summed E-state index contributed by atoms with van der Waals surface area (Å²) in [6.45, 7) is 7.16. The minimum Gasteiger partial charge on any atom is -0.314 e. The summed E-state index contributed by atoms with van der Waals surface area (Å²) in [7, 11) is 1.79. The topological polar surface area (TPSA) is 42.2 Å². The Kier molecular flexibility index (Phi) is 3.94. The minimum atomic E-state index is 0.00632. The molecule has 1 saturated heterocycles. The molecule has 3 rings (SSSR count). The van der Waals surface area contributed by atoms with Gasteiger partial charge in [0.1, 0.15) is 0 Å². The normalized spacial score (nSPS) is 16.3. The first-order valence-electron chi connectivity index (χ1n) is 7.42. The van der Waals surface area contributed by atoms with Gasteiger partial charge < -0.3 is 9.88 Å². The van der Waals surface area contributed by atoms with E-state index in [0.29, 0.717) is 0 Å². The molecule has 2 aromatic rings. The van der Waals surface area contributed by atoms with Gasteiger partial charge in [-0.1, -0.05) is 12.1 Å². The molecule has 1 aromatic heterocycles. The van der Waals surface area contributed by atoms with Gasteiger partial charge in [-0.2, -0.15) is 0 Å². The summed E-state index contributed by atoms with van der Waals surface area (Å²) in [6.07, 6.45) is 1.87. The molecule has 21 heavy (non-hydrogen) atoms. The van der Waals surface area contributed by atoms with E-state index in [1.165, 1.54) is 5.56 Å². The third kappa shape index (κ3) is 2.94. The molecule has 0 aliphatic carbocycles. The molecule has 1 N–H and O–H groups in total. The van der Waals surface area contributed by atoms with Crippen molar-refractivity contribution in [1.29, 1.82) is 0 Å². The van der Waals surface area contributed by atoms with E-state index >= 15 is 0 Å². The predicted molar refractivity (Wildman–Crippen MR) is 83.9 cm³/mol. The van der Waals surface area contributed by atoms with E-state index in [0.717, 1.165) is 44.1 Å². The second-order valence-electron chi connectivity index (χ2n) is 5.70. The summed E-state index contributed by atoms with van der Waals surface area (Å²) in [5.74, 6) is 0. The van der Waals surface area contributed by atoms with Crippen LogP contribution in [0, 0.1) is 6.92 Å². The molecule has 0 bridgehead atoms. The van der Waals surface area contributed by atoms with Crippen molar-refractivity contribution in [1.82, 2.24) is 19.4 Å². The van der Waals surface area contributed by atoms with E-state index in [9.17, 15) is 4.79 Å². The lowest BCUT2D eigenvalue weighted by molar-refractivity contribution is 0.233. The summed E-state index contributed by atoms with van der Waals surface area (Å²) >= 11 is 0. The largest absolute Gasteiger partial charge is 0.332 e. The SMILES string of the molecule is Cc1cn(C)c(=O)n1-c1cccc(CN2CCNCC2)c1. The molecule has 1 aromatic carbocycles. The molecular formula is C16H22N4O. The Bertz CT molecular complexity index is 680. The highest BCUT2D eigenvalue weighted by atomic mass is 16.1. The second-order valence-corrected chi connectivity index (χ2v) is 5.70. The average Bonchev–Trinajstić information content (AvgIpc) is 2.73. The van der Waals surface area contributed by atoms with Gasteiger partial charge in [-0.3, -0.25) is 9.47 Å². The van der Waals surface area contributed by atoms with Gasteiger partial charge in [0.25, 0.3) is 0 Å². The quantitative estimate of drug-likeness (QED) is 0.911. The fourth-order valence-electron chi connectivity index (χ4n) is 2.94. The van der Waals surface area contributed by atoms with E-state index in [-0.39, 0.29) is 5.69 Å². The lowest BCUT2D eigenvalue weighted by Gasteiger charge is -2.27. The summed E-state index contributed by atoms with van der Waals surface area (Å²) in [6, 6.07) is 8.28. The molecule has 0 radical (unpaired) electrons. The van der Waals surface area contributed by atoms with Crippen LogP contribution in [-0.2, 0) is 13.6 Å². The summed E-state index contributed by atoms with van der Waals surface area (Å²) in [5.41, 5.74) is 3.17. The zero-order valence-electron chi connectivity index (χ0n) is 12.7. The van der Waals surface area contributed by atoms with Crippen molar-refractivity contribution in [2.24, 2.45) is 7.05 Å². The van der Waals surface area contributed by atoms with Gasteiger partial charge in [0, 0.05) is 51.7 Å². The van der Waals surface area contributed by atoms with Crippen molar-refractivity contribution >= 4 is 0 Å². The molecule has 5 heteroatoms. The maximum Gasteiger partial charge on any atom is 0.332 e. The molecule has 1 aliphatic heterocycles. The zero-order chi connectivity index (χ0) is 14.8. The number of benzene rings is 1. The zero-order valence-corrected chi connectivity index (χ0v) is 12.7. The van der Waals surface area contributed by atoms with Crippen molar-refractivity contribution in [3.05, 3.63) is 52.2 Å². The van der Waals surface area contributed by atoms with Crippen LogP contribution in [0.15, 0.2) is 35.3 Å². The number of nitrogens with one attached hydrogen (secondary N) is 1. The first-order chi connectivity index (χ1) is 10.1. The van der Waals surface area contributed by atoms with Crippen LogP contribution in [0.5, 0.6) is 0 Å². The number of hydrogen-bond donors (Lipinski definition) is 1. The van der Waals surface area contributed by atoms with Crippen LogP contribution in [0.2, 0.25) is 0 Å². The number of hydrogen-bond acceptors (Lipinski definition) is 3. The van der Waals surface area contributed by atoms with Crippen LogP contribution in [0.3, 0.4) is 0 Å². The molecular weight excluding hydrogens is 264 g/mol. The van der Waals surface area contributed by atoms with E-state index in [4.69, 9.17) is 0 Å². The first kappa shape index (κ1) is 14.1. The van der Waals surface area contributed by atoms with Gasteiger partial charge in [0.2, 0.25) is 0 Å². The molecule has 112 valence electrons. The number of nitrogens with zero attached hydrogens (tertiary/aromatic N) is 3. The molecule has 0 unspecified atom stereocenters. The molecule has 1 fully saturated rings. The van der Waals surface area contributed by atoms with Crippen LogP contribution in [0.4, 0.5) is 0 Å². The maximum atomic E-state index is 12.2. The van der Waals surface area contributed by atoms with Gasteiger partial charge in [-0.05, 0) is 24.6 Å². The Hall–Kier alpha value is -1.85. The molecule has 5 nitrogen and oxygen atoms in total. The van der Waals surface area contributed by atoms with E-state index in [1.54, 1.807) is 16.2 Å². The third-order valence-corrected chi connectivity index (χ3v) is 4.01. The Morgan fingerprint density at radius 3 is 2.67 bits per heavy atom. The lowest BCUT2D eigenvalue weighted by Crippen LogP contribution is -2.42. The number of piperazine rings is 1. The van der Waals surface area contributed by atoms with E-state index < -0.39 is 0 Å². The standard InChI is InChI=1S/C16H22N4O/c1-13-11-18(2)16(21)20(13)15-5-3-4-14(10-15)12-19-8-6-17-7-9-19/h3-5,10-11,17H,6-9,12H2,1-2H3. The van der Waals surface area contributed by atoms with Gasteiger partial charge >= 0.3 is 5.69 Å². The fraction of sp³-hybridized carbons (Fsp3) is 0.438. The van der Waals surface area contributed by atoms with Gasteiger partial charge in [-0.15, -0.1) is 0 Å². The van der Waals surface area contributed by atoms with Crippen LogP contribution < -0.4 is 11.0 Å². The summed E-state index contributed by atoms with van der Waals surface area (Å²) in [5, 5.41) is 3.37. The summed E-state index contributed by atoms with van der Waals surface area (Å²) < 4.78 is 3.39. The highest BCUT2D eigenvalue weighted by Crippen LogP contribution is 2.13. The molecule has 1 aliphatic rings. The third-order valence-electron chi connectivity index (χ3n) is 4.01. The second kappa shape index (κ2) is 5.87. The van der Waals surface area contributed by atoms with Crippen LogP contribution >= 0.6 is 0 Å². The van der Waals surface area contributed by atoms with Gasteiger partial charge in [0.15, 0.2) is 0 Å². The van der Waals surface area contributed by atoms with Crippen molar-refractivity contribution in [3.63, 3.8) is 0 Å². The Morgan fingerprint density at radius 1 is 1.24 bits per heavy atom. The number of aromatic nitrogens is 2. The van der Waals surface area contributed by atoms with E-state index in [1.807, 2.05) is 25.3 Å². The molecule has 0 saturated carbocycles. The van der Waals surface area contributed by atoms with Crippen LogP contribution in [0.1, 0.15) is 11.3 Å². The Labute approximate surface area is 124 Å². The molecule has 0 atom stereocenters. The van der Waals surface area contributed by atoms with E-state index in [2.05, 4.69) is 22.3 Å². The number of aryl methyl sites for hydroxylation is 2. The minimum absolute atomic E-state index is 0.00632. The van der Waals surface area contributed by atoms with Crippen molar-refractivity contribution in [2.75, 3.05) is 26.2 Å². The number of imidazole rings is 1. The van der Waals surface area contributed by atoms with Gasteiger partial charge in [0.05, 0.1) is 5.69 Å². The lowest BCUT2D eigenvalue weighted by atomic mass is 10.1. The summed E-state index contributed by atoms with van der Waals surface area (Å²) in [4.78, 5) is 14.6. The molecule has 0 spiro atoms. The maximum absolute atomic E-state index is 12.2. The monoisotopic (exact) mass is 286 g/mol. The van der Waals surface area contributed by atoms with Gasteiger partial charge in [-0.25, -0.2) is 4.79 Å². The molecule has 2 heterocycles. The molecule has 0 amide bonds. The average molecular weight is 286 g/mol. The van der Waals surface area contributed by atoms with Crippen LogP contribution in [0.25, 0.3) is 5.69 Å². The highest BCUT2D eigenvalue weighted by Gasteiger charge is 2.12. The van der Waals surface area contributed by atoms with Crippen molar-refractivity contribution < 1.29 is 0 Å². The fourth-order valence-corrected chi connectivity index (χ4v) is 2.94. The number of rotatable bonds is 3. The first-order valence-corrected chi connectivity index (χ1v) is 7.42. The Morgan fingerprint density at radius 2 is 2.00 bits per heavy atom. The smallest absolute Gasteiger partial charge is 0.314 e. The van der Waals surface area contributed by atoms with Crippen molar-refractivity contribution in [2.45, 2.75) is 13.5 Å². The van der Waals surface area contributed by atoms with Crippen LogP contribution in [-0.4, -0.2) is 40.2 Å². The van der Waals surface area contributed by atoms with Crippen molar-refractivity contribution in [3.8, 4) is 5.69 Å². The Balaban J connectivity index is 1.87. The highest BCUT2D eigenvalue weighted by molar-refractivity contribution is 5.37.